The average molecular weight is 247 g/mol. The maximum Gasteiger partial charge on any atom is 0.182 e. The Labute approximate surface area is 94.1 Å². The lowest BCUT2D eigenvalue weighted by Crippen LogP contribution is -2.07. The van der Waals surface area contributed by atoms with Crippen LogP contribution >= 0.6 is 0 Å². The third-order valence-corrected chi connectivity index (χ3v) is 3.23. The van der Waals surface area contributed by atoms with Gasteiger partial charge in [0.1, 0.15) is 16.5 Å². The lowest BCUT2D eigenvalue weighted by atomic mass is 10.1. The maximum absolute atomic E-state index is 13.6. The van der Waals surface area contributed by atoms with Gasteiger partial charge in [0.05, 0.1) is 7.11 Å². The first-order valence-electron chi connectivity index (χ1n) is 4.66. The molecule has 1 rings (SSSR count). The van der Waals surface area contributed by atoms with Gasteiger partial charge >= 0.3 is 0 Å². The summed E-state index contributed by atoms with van der Waals surface area (Å²) in [6, 6.07) is 2.66. The zero-order chi connectivity index (χ0) is 12.3. The molecule has 0 radical (unpaired) electrons. The van der Waals surface area contributed by atoms with Crippen molar-refractivity contribution >= 4 is 9.84 Å². The van der Waals surface area contributed by atoms with Crippen molar-refractivity contribution in [3.63, 3.8) is 0 Å². The highest BCUT2D eigenvalue weighted by Gasteiger charge is 2.20. The summed E-state index contributed by atoms with van der Waals surface area (Å²) in [5.74, 6) is -0.781. The van der Waals surface area contributed by atoms with Gasteiger partial charge in [-0.3, -0.25) is 0 Å². The number of hydrogen-bond donors (Lipinski definition) is 1. The van der Waals surface area contributed by atoms with Crippen LogP contribution in [0.3, 0.4) is 0 Å². The first-order valence-corrected chi connectivity index (χ1v) is 6.55. The molecule has 0 amide bonds. The van der Waals surface area contributed by atoms with E-state index in [1.165, 1.54) is 19.2 Å². The number of sulfone groups is 1. The quantitative estimate of drug-likeness (QED) is 0.852. The summed E-state index contributed by atoms with van der Waals surface area (Å²) in [6.07, 6.45) is 1.41. The van der Waals surface area contributed by atoms with E-state index in [4.69, 9.17) is 10.5 Å². The molecule has 0 heterocycles. The van der Waals surface area contributed by atoms with E-state index in [9.17, 15) is 12.8 Å². The molecule has 0 aliphatic carbocycles. The smallest absolute Gasteiger partial charge is 0.182 e. The number of nitrogens with two attached hydrogens (primary N) is 1. The van der Waals surface area contributed by atoms with Crippen molar-refractivity contribution in [3.05, 3.63) is 23.5 Å². The summed E-state index contributed by atoms with van der Waals surface area (Å²) in [6.45, 7) is 0.362. The van der Waals surface area contributed by atoms with E-state index in [0.717, 1.165) is 6.26 Å². The van der Waals surface area contributed by atoms with Crippen LogP contribution < -0.4 is 10.5 Å². The van der Waals surface area contributed by atoms with E-state index in [1.54, 1.807) is 0 Å². The van der Waals surface area contributed by atoms with Gasteiger partial charge in [0, 0.05) is 6.26 Å². The number of methoxy groups -OCH3 is 1. The predicted octanol–water partition coefficient (Wildman–Crippen LogP) is 0.739. The van der Waals surface area contributed by atoms with Gasteiger partial charge in [0.25, 0.3) is 0 Å². The molecule has 16 heavy (non-hydrogen) atoms. The van der Waals surface area contributed by atoms with Gasteiger partial charge in [0.2, 0.25) is 0 Å². The molecule has 0 fully saturated rings. The lowest BCUT2D eigenvalue weighted by molar-refractivity contribution is 0.394. The van der Waals surface area contributed by atoms with E-state index < -0.39 is 20.5 Å². The minimum Gasteiger partial charge on any atom is -0.495 e. The Bertz CT molecular complexity index is 485. The highest BCUT2D eigenvalue weighted by Crippen LogP contribution is 2.28. The van der Waals surface area contributed by atoms with Crippen molar-refractivity contribution < 1.29 is 17.5 Å². The molecule has 0 spiro atoms. The molecule has 2 N–H and O–H groups in total. The van der Waals surface area contributed by atoms with E-state index in [1.807, 2.05) is 0 Å². The molecule has 6 heteroatoms. The summed E-state index contributed by atoms with van der Waals surface area (Å²) >= 11 is 0. The fourth-order valence-corrected chi connectivity index (χ4v) is 2.36. The van der Waals surface area contributed by atoms with Gasteiger partial charge < -0.3 is 10.5 Å². The van der Waals surface area contributed by atoms with Crippen LogP contribution in [-0.4, -0.2) is 28.3 Å². The maximum atomic E-state index is 13.6. The van der Waals surface area contributed by atoms with Gasteiger partial charge in [-0.25, -0.2) is 12.8 Å². The zero-order valence-electron chi connectivity index (χ0n) is 9.16. The van der Waals surface area contributed by atoms with Crippen molar-refractivity contribution in [2.24, 2.45) is 5.73 Å². The number of hydrogen-bond acceptors (Lipinski definition) is 4. The third-order valence-electron chi connectivity index (χ3n) is 2.09. The molecule has 1 aromatic carbocycles. The fraction of sp³-hybridized carbons (Fsp3) is 0.400. The number of rotatable bonds is 4. The summed E-state index contributed by atoms with van der Waals surface area (Å²) in [7, 11) is -2.34. The summed E-state index contributed by atoms with van der Waals surface area (Å²) in [5.41, 5.74) is 5.96. The summed E-state index contributed by atoms with van der Waals surface area (Å²) in [5, 5.41) is 0. The van der Waals surface area contributed by atoms with Crippen molar-refractivity contribution in [2.75, 3.05) is 19.9 Å². The molecule has 1 aromatic rings. The molecule has 0 atom stereocenters. The molecular weight excluding hydrogens is 233 g/mol. The Balaban J connectivity index is 3.41. The Kier molecular flexibility index (Phi) is 3.88. The Morgan fingerprint density at radius 3 is 2.50 bits per heavy atom. The second-order valence-electron chi connectivity index (χ2n) is 3.42. The Hall–Kier alpha value is -1.14. The van der Waals surface area contributed by atoms with Crippen LogP contribution in [0.25, 0.3) is 0 Å². The van der Waals surface area contributed by atoms with Gasteiger partial charge in [-0.1, -0.05) is 0 Å². The Morgan fingerprint density at radius 1 is 1.44 bits per heavy atom. The number of benzene rings is 1. The molecule has 0 unspecified atom stereocenters. The highest BCUT2D eigenvalue weighted by molar-refractivity contribution is 7.90. The molecule has 0 saturated carbocycles. The second kappa shape index (κ2) is 4.80. The van der Waals surface area contributed by atoms with Crippen LogP contribution in [0.2, 0.25) is 0 Å². The summed E-state index contributed by atoms with van der Waals surface area (Å²) < 4.78 is 41.2. The first kappa shape index (κ1) is 12.9. The number of halogens is 1. The van der Waals surface area contributed by atoms with Crippen LogP contribution in [0.15, 0.2) is 17.0 Å². The molecular formula is C10H14FNO3S. The van der Waals surface area contributed by atoms with Gasteiger partial charge in [-0.15, -0.1) is 0 Å². The van der Waals surface area contributed by atoms with Crippen molar-refractivity contribution in [3.8, 4) is 5.75 Å². The van der Waals surface area contributed by atoms with Crippen LogP contribution in [0.4, 0.5) is 4.39 Å². The largest absolute Gasteiger partial charge is 0.495 e. The monoisotopic (exact) mass is 247 g/mol. The average Bonchev–Trinajstić information content (AvgIpc) is 2.15. The van der Waals surface area contributed by atoms with Crippen LogP contribution in [0.5, 0.6) is 5.75 Å². The molecule has 0 aromatic heterocycles. The lowest BCUT2D eigenvalue weighted by Gasteiger charge is -2.10. The third kappa shape index (κ3) is 2.70. The van der Waals surface area contributed by atoms with E-state index >= 15 is 0 Å². The molecule has 0 saturated heterocycles. The topological polar surface area (TPSA) is 69.4 Å². The van der Waals surface area contributed by atoms with E-state index in [2.05, 4.69) is 0 Å². The highest BCUT2D eigenvalue weighted by atomic mass is 32.2. The second-order valence-corrected chi connectivity index (χ2v) is 5.37. The van der Waals surface area contributed by atoms with E-state index in [0.29, 0.717) is 18.5 Å². The van der Waals surface area contributed by atoms with Crippen molar-refractivity contribution in [2.45, 2.75) is 11.3 Å². The SMILES string of the molecule is COc1cc(CCN)cc(F)c1S(C)(=O)=O. The predicted molar refractivity (Wildman–Crippen MR) is 58.8 cm³/mol. The van der Waals surface area contributed by atoms with Crippen molar-refractivity contribution in [1.82, 2.24) is 0 Å². The standard InChI is InChI=1S/C10H14FNO3S/c1-15-9-6-7(3-4-12)5-8(11)10(9)16(2,13)14/h5-6H,3-4,12H2,1-2H3. The molecule has 0 aliphatic heterocycles. The van der Waals surface area contributed by atoms with Gasteiger partial charge in [-0.2, -0.15) is 0 Å². The molecule has 90 valence electrons. The zero-order valence-corrected chi connectivity index (χ0v) is 9.97. The van der Waals surface area contributed by atoms with Gasteiger partial charge in [0.15, 0.2) is 9.84 Å². The minimum atomic E-state index is -3.64. The fourth-order valence-electron chi connectivity index (χ4n) is 1.44. The van der Waals surface area contributed by atoms with Crippen molar-refractivity contribution in [1.29, 1.82) is 0 Å². The van der Waals surface area contributed by atoms with Crippen LogP contribution in [-0.2, 0) is 16.3 Å². The molecule has 4 nitrogen and oxygen atoms in total. The Morgan fingerprint density at radius 2 is 2.06 bits per heavy atom. The summed E-state index contributed by atoms with van der Waals surface area (Å²) in [4.78, 5) is -0.407. The molecule has 0 aliphatic rings. The van der Waals surface area contributed by atoms with E-state index in [-0.39, 0.29) is 5.75 Å². The number of ether oxygens (including phenoxy) is 1. The van der Waals surface area contributed by atoms with Gasteiger partial charge in [-0.05, 0) is 30.7 Å². The van der Waals surface area contributed by atoms with Crippen LogP contribution in [0.1, 0.15) is 5.56 Å². The minimum absolute atomic E-state index is 0.0194. The molecule has 0 bridgehead atoms. The van der Waals surface area contributed by atoms with Crippen LogP contribution in [0, 0.1) is 5.82 Å². The first-order chi connectivity index (χ1) is 7.40. The normalized spacial score (nSPS) is 11.5.